The molecule has 0 aromatic heterocycles. The van der Waals surface area contributed by atoms with Gasteiger partial charge in [0.1, 0.15) is 0 Å². The molecule has 2 nitrogen and oxygen atoms in total. The van der Waals surface area contributed by atoms with Gasteiger partial charge < -0.3 is 4.74 Å². The van der Waals surface area contributed by atoms with Crippen molar-refractivity contribution in [2.45, 2.75) is 12.7 Å². The molecule has 0 saturated heterocycles. The lowest BCUT2D eigenvalue weighted by molar-refractivity contribution is -0.137. The Morgan fingerprint density at radius 3 is 2.26 bits per heavy atom. The Kier molecular flexibility index (Phi) is 6.62. The van der Waals surface area contributed by atoms with Crippen LogP contribution in [0, 0.1) is 0 Å². The van der Waals surface area contributed by atoms with E-state index in [0.29, 0.717) is 32.1 Å². The maximum atomic E-state index is 12.4. The molecule has 0 radical (unpaired) electrons. The van der Waals surface area contributed by atoms with Gasteiger partial charge in [-0.1, -0.05) is 12.1 Å². The highest BCUT2D eigenvalue weighted by atomic mass is 35.5. The van der Waals surface area contributed by atoms with E-state index in [1.165, 1.54) is 12.1 Å². The van der Waals surface area contributed by atoms with Crippen molar-refractivity contribution in [1.82, 2.24) is 4.90 Å². The molecule has 1 rings (SSSR count). The number of nitrogens with zero attached hydrogens (tertiary/aromatic N) is 1. The van der Waals surface area contributed by atoms with Crippen molar-refractivity contribution >= 4 is 11.6 Å². The van der Waals surface area contributed by atoms with Gasteiger partial charge in [0.2, 0.25) is 0 Å². The van der Waals surface area contributed by atoms with Gasteiger partial charge in [-0.3, -0.25) is 4.90 Å². The van der Waals surface area contributed by atoms with Crippen LogP contribution in [0.2, 0.25) is 0 Å². The van der Waals surface area contributed by atoms with Crippen LogP contribution in [0.5, 0.6) is 0 Å². The molecular formula is C13H17ClF3NO. The van der Waals surface area contributed by atoms with Gasteiger partial charge in [-0.05, 0) is 17.7 Å². The first kappa shape index (κ1) is 16.3. The lowest BCUT2D eigenvalue weighted by atomic mass is 10.1. The van der Waals surface area contributed by atoms with Gasteiger partial charge in [-0.25, -0.2) is 0 Å². The van der Waals surface area contributed by atoms with Crippen molar-refractivity contribution in [2.24, 2.45) is 0 Å². The predicted octanol–water partition coefficient (Wildman–Crippen LogP) is 3.39. The van der Waals surface area contributed by atoms with Gasteiger partial charge >= 0.3 is 6.18 Å². The van der Waals surface area contributed by atoms with E-state index in [0.717, 1.165) is 17.7 Å². The summed E-state index contributed by atoms with van der Waals surface area (Å²) in [5.74, 6) is 0.477. The summed E-state index contributed by atoms with van der Waals surface area (Å²) >= 11 is 5.70. The largest absolute Gasteiger partial charge is 0.416 e. The molecule has 0 aliphatic heterocycles. The Bertz CT molecular complexity index is 367. The molecular weight excluding hydrogens is 279 g/mol. The molecule has 0 spiro atoms. The van der Waals surface area contributed by atoms with Crippen molar-refractivity contribution in [3.8, 4) is 0 Å². The van der Waals surface area contributed by atoms with Crippen LogP contribution >= 0.6 is 11.6 Å². The molecule has 0 atom stereocenters. The molecule has 6 heteroatoms. The maximum absolute atomic E-state index is 12.4. The van der Waals surface area contributed by atoms with Crippen LogP contribution in [-0.2, 0) is 17.5 Å². The molecule has 0 saturated carbocycles. The molecule has 0 bridgehead atoms. The zero-order valence-electron chi connectivity index (χ0n) is 10.7. The van der Waals surface area contributed by atoms with Gasteiger partial charge in [0.15, 0.2) is 0 Å². The van der Waals surface area contributed by atoms with E-state index in [4.69, 9.17) is 16.3 Å². The average molecular weight is 296 g/mol. The summed E-state index contributed by atoms with van der Waals surface area (Å²) in [4.78, 5) is 2.04. The minimum atomic E-state index is -4.29. The number of rotatable bonds is 7. The first-order valence-electron chi connectivity index (χ1n) is 5.90. The molecule has 0 N–H and O–H groups in total. The average Bonchev–Trinajstić information content (AvgIpc) is 2.36. The summed E-state index contributed by atoms with van der Waals surface area (Å²) < 4.78 is 42.3. The maximum Gasteiger partial charge on any atom is 0.416 e. The molecule has 1 aromatic rings. The van der Waals surface area contributed by atoms with Crippen LogP contribution in [-0.4, -0.2) is 37.6 Å². The topological polar surface area (TPSA) is 12.5 Å². The Morgan fingerprint density at radius 1 is 1.16 bits per heavy atom. The van der Waals surface area contributed by atoms with Gasteiger partial charge in [0, 0.05) is 32.6 Å². The lowest BCUT2D eigenvalue weighted by Gasteiger charge is -2.21. The quantitative estimate of drug-likeness (QED) is 0.715. The van der Waals surface area contributed by atoms with E-state index in [1.807, 2.05) is 4.90 Å². The Balaban J connectivity index is 2.64. The lowest BCUT2D eigenvalue weighted by Crippen LogP contribution is -2.28. The number of benzene rings is 1. The number of alkyl halides is 4. The zero-order valence-corrected chi connectivity index (χ0v) is 11.5. The van der Waals surface area contributed by atoms with Gasteiger partial charge in [0.25, 0.3) is 0 Å². The molecule has 0 aliphatic rings. The van der Waals surface area contributed by atoms with Crippen molar-refractivity contribution in [3.05, 3.63) is 35.4 Å². The molecule has 1 aromatic carbocycles. The van der Waals surface area contributed by atoms with Crippen LogP contribution in [0.4, 0.5) is 13.2 Å². The summed E-state index contributed by atoms with van der Waals surface area (Å²) in [6, 6.07) is 5.20. The molecule has 0 fully saturated rings. The highest BCUT2D eigenvalue weighted by molar-refractivity contribution is 6.18. The van der Waals surface area contributed by atoms with Crippen molar-refractivity contribution in [1.29, 1.82) is 0 Å². The monoisotopic (exact) mass is 295 g/mol. The van der Waals surface area contributed by atoms with E-state index >= 15 is 0 Å². The summed E-state index contributed by atoms with van der Waals surface area (Å²) in [6.45, 7) is 2.50. The minimum absolute atomic E-state index is 0.477. The molecule has 0 aliphatic carbocycles. The Hall–Kier alpha value is -0.780. The van der Waals surface area contributed by atoms with Crippen LogP contribution < -0.4 is 0 Å². The highest BCUT2D eigenvalue weighted by Crippen LogP contribution is 2.29. The third-order valence-electron chi connectivity index (χ3n) is 2.70. The summed E-state index contributed by atoms with van der Waals surface area (Å²) in [5.41, 5.74) is 0.200. The number of methoxy groups -OCH3 is 1. The SMILES string of the molecule is COCCN(CCCl)Cc1ccc(C(F)(F)F)cc1. The van der Waals surface area contributed by atoms with Crippen LogP contribution in [0.25, 0.3) is 0 Å². The zero-order chi connectivity index (χ0) is 14.3. The number of ether oxygens (including phenoxy) is 1. The van der Waals surface area contributed by atoms with Gasteiger partial charge in [0.05, 0.1) is 12.2 Å². The smallest absolute Gasteiger partial charge is 0.383 e. The molecule has 108 valence electrons. The third-order valence-corrected chi connectivity index (χ3v) is 2.87. The fraction of sp³-hybridized carbons (Fsp3) is 0.538. The van der Waals surface area contributed by atoms with Crippen molar-refractivity contribution in [2.75, 3.05) is 32.7 Å². The Morgan fingerprint density at radius 2 is 1.79 bits per heavy atom. The standard InChI is InChI=1S/C13H17ClF3NO/c1-19-9-8-18(7-6-14)10-11-2-4-12(5-3-11)13(15,16)17/h2-5H,6-10H2,1H3. The van der Waals surface area contributed by atoms with Crippen molar-refractivity contribution < 1.29 is 17.9 Å². The van der Waals surface area contributed by atoms with E-state index < -0.39 is 11.7 Å². The van der Waals surface area contributed by atoms with E-state index in [2.05, 4.69) is 0 Å². The second kappa shape index (κ2) is 7.72. The van der Waals surface area contributed by atoms with E-state index in [-0.39, 0.29) is 0 Å². The number of hydrogen-bond acceptors (Lipinski definition) is 2. The second-order valence-corrected chi connectivity index (χ2v) is 4.53. The van der Waals surface area contributed by atoms with Gasteiger partial charge in [-0.2, -0.15) is 13.2 Å². The second-order valence-electron chi connectivity index (χ2n) is 4.15. The summed E-state index contributed by atoms with van der Waals surface area (Å²) in [7, 11) is 1.61. The van der Waals surface area contributed by atoms with Crippen LogP contribution in [0.15, 0.2) is 24.3 Å². The van der Waals surface area contributed by atoms with E-state index in [9.17, 15) is 13.2 Å². The first-order chi connectivity index (χ1) is 8.97. The number of halogens is 4. The molecule has 0 amide bonds. The highest BCUT2D eigenvalue weighted by Gasteiger charge is 2.29. The predicted molar refractivity (Wildman–Crippen MR) is 69.3 cm³/mol. The van der Waals surface area contributed by atoms with Gasteiger partial charge in [-0.15, -0.1) is 11.6 Å². The first-order valence-corrected chi connectivity index (χ1v) is 6.44. The van der Waals surface area contributed by atoms with Crippen LogP contribution in [0.1, 0.15) is 11.1 Å². The molecule has 19 heavy (non-hydrogen) atoms. The van der Waals surface area contributed by atoms with E-state index in [1.54, 1.807) is 7.11 Å². The fourth-order valence-corrected chi connectivity index (χ4v) is 1.91. The van der Waals surface area contributed by atoms with Crippen LogP contribution in [0.3, 0.4) is 0 Å². The third kappa shape index (κ3) is 5.80. The number of hydrogen-bond donors (Lipinski definition) is 0. The van der Waals surface area contributed by atoms with Crippen molar-refractivity contribution in [3.63, 3.8) is 0 Å². The minimum Gasteiger partial charge on any atom is -0.383 e. The fourth-order valence-electron chi connectivity index (χ4n) is 1.67. The summed E-state index contributed by atoms with van der Waals surface area (Å²) in [6.07, 6.45) is -4.29. The molecule has 0 unspecified atom stereocenters. The summed E-state index contributed by atoms with van der Waals surface area (Å²) in [5, 5.41) is 0. The normalized spacial score (nSPS) is 12.1. The Labute approximate surface area is 116 Å². The molecule has 0 heterocycles.